The minimum atomic E-state index is -0.412. The molecule has 0 aromatic carbocycles. The molecule has 0 spiro atoms. The zero-order chi connectivity index (χ0) is 19.9. The average molecular weight is 369 g/mol. The smallest absolute Gasteiger partial charge is 0.358 e. The number of ether oxygens (including phenoxy) is 1. The fraction of sp³-hybridized carbons (Fsp3) is 0.522. The van der Waals surface area contributed by atoms with E-state index in [4.69, 9.17) is 4.74 Å². The summed E-state index contributed by atoms with van der Waals surface area (Å²) in [5.41, 5.74) is 5.25. The molecule has 0 bridgehead atoms. The van der Waals surface area contributed by atoms with E-state index in [-0.39, 0.29) is 11.1 Å². The Morgan fingerprint density at radius 3 is 2.70 bits per heavy atom. The lowest BCUT2D eigenvalue weighted by molar-refractivity contribution is 0.0492. The van der Waals surface area contributed by atoms with E-state index in [1.54, 1.807) is 6.20 Å². The van der Waals surface area contributed by atoms with E-state index in [0.717, 1.165) is 24.1 Å². The van der Waals surface area contributed by atoms with Gasteiger partial charge < -0.3 is 4.74 Å². The number of rotatable bonds is 7. The Bertz CT molecular complexity index is 740. The Hall–Kier alpha value is -2.23. The Morgan fingerprint density at radius 2 is 2.07 bits per heavy atom. The Morgan fingerprint density at radius 1 is 1.30 bits per heavy atom. The summed E-state index contributed by atoms with van der Waals surface area (Å²) in [5, 5.41) is 0. The van der Waals surface area contributed by atoms with Crippen LogP contribution in [0.4, 0.5) is 0 Å². The Balaban J connectivity index is 2.04. The van der Waals surface area contributed by atoms with Crippen molar-refractivity contribution in [1.29, 1.82) is 0 Å². The Kier molecular flexibility index (Phi) is 7.52. The van der Waals surface area contributed by atoms with Gasteiger partial charge in [-0.1, -0.05) is 44.9 Å². The molecule has 27 heavy (non-hydrogen) atoms. The fourth-order valence-corrected chi connectivity index (χ4v) is 3.41. The monoisotopic (exact) mass is 368 g/mol. The molecule has 0 N–H and O–H groups in total. The van der Waals surface area contributed by atoms with Crippen LogP contribution in [0.1, 0.15) is 82.9 Å². The highest BCUT2D eigenvalue weighted by atomic mass is 16.5. The van der Waals surface area contributed by atoms with Crippen LogP contribution in [0.3, 0.4) is 0 Å². The van der Waals surface area contributed by atoms with Crippen LogP contribution in [0.5, 0.6) is 0 Å². The molecule has 0 saturated heterocycles. The molecule has 0 saturated carbocycles. The van der Waals surface area contributed by atoms with Crippen molar-refractivity contribution in [3.8, 4) is 0 Å². The van der Waals surface area contributed by atoms with Crippen LogP contribution in [0.15, 0.2) is 41.3 Å². The van der Waals surface area contributed by atoms with Crippen LogP contribution in [0, 0.1) is 5.41 Å². The normalized spacial score (nSPS) is 17.4. The van der Waals surface area contributed by atoms with E-state index in [1.807, 2.05) is 6.08 Å². The third-order valence-electron chi connectivity index (χ3n) is 5.04. The number of unbranched alkanes of at least 4 members (excludes halogenated alkanes) is 1. The molecule has 0 amide bonds. The lowest BCUT2D eigenvalue weighted by atomic mass is 9.72. The molecule has 0 radical (unpaired) electrons. The summed E-state index contributed by atoms with van der Waals surface area (Å²) in [6, 6.07) is 0. The number of nitrogens with zero attached hydrogens (tertiary/aromatic N) is 2. The van der Waals surface area contributed by atoms with Crippen molar-refractivity contribution >= 4 is 12.0 Å². The maximum atomic E-state index is 11.9. The molecule has 1 heterocycles. The van der Waals surface area contributed by atoms with Gasteiger partial charge in [-0.3, -0.25) is 4.98 Å². The SMILES string of the molecule is CCCCOC(=O)c1cnc(/C=C(\C)C=CC2=C(C)CCCC2(C)C)cn1. The van der Waals surface area contributed by atoms with Crippen LogP contribution in [0.25, 0.3) is 6.08 Å². The molecule has 146 valence electrons. The Labute approximate surface area is 163 Å². The summed E-state index contributed by atoms with van der Waals surface area (Å²) in [4.78, 5) is 20.4. The van der Waals surface area contributed by atoms with Crippen molar-refractivity contribution in [3.05, 3.63) is 52.7 Å². The summed E-state index contributed by atoms with van der Waals surface area (Å²) in [5.74, 6) is -0.412. The molecule has 2 rings (SSSR count). The average Bonchev–Trinajstić information content (AvgIpc) is 2.61. The first-order valence-electron chi connectivity index (χ1n) is 9.89. The zero-order valence-electron chi connectivity index (χ0n) is 17.3. The largest absolute Gasteiger partial charge is 0.461 e. The van der Waals surface area contributed by atoms with Gasteiger partial charge in [-0.15, -0.1) is 0 Å². The maximum Gasteiger partial charge on any atom is 0.358 e. The summed E-state index contributed by atoms with van der Waals surface area (Å²) < 4.78 is 5.15. The van der Waals surface area contributed by atoms with Crippen LogP contribution >= 0.6 is 0 Å². The number of carbonyl (C=O) groups excluding carboxylic acids is 1. The lowest BCUT2D eigenvalue weighted by Crippen LogP contribution is -2.19. The minimum absolute atomic E-state index is 0.235. The predicted octanol–water partition coefficient (Wildman–Crippen LogP) is 5.92. The van der Waals surface area contributed by atoms with Gasteiger partial charge in [-0.05, 0) is 62.2 Å². The zero-order valence-corrected chi connectivity index (χ0v) is 17.3. The topological polar surface area (TPSA) is 52.1 Å². The lowest BCUT2D eigenvalue weighted by Gasteiger charge is -2.32. The van der Waals surface area contributed by atoms with Crippen molar-refractivity contribution in [3.63, 3.8) is 0 Å². The molecule has 0 unspecified atom stereocenters. The van der Waals surface area contributed by atoms with Crippen molar-refractivity contribution in [2.75, 3.05) is 6.61 Å². The number of hydrogen-bond acceptors (Lipinski definition) is 4. The van der Waals surface area contributed by atoms with Crippen molar-refractivity contribution < 1.29 is 9.53 Å². The molecule has 4 heteroatoms. The van der Waals surface area contributed by atoms with E-state index in [2.05, 4.69) is 56.7 Å². The maximum absolute atomic E-state index is 11.9. The molecular formula is C23H32N2O2. The van der Waals surface area contributed by atoms with Crippen molar-refractivity contribution in [2.24, 2.45) is 5.41 Å². The molecule has 1 aromatic rings. The first kappa shape index (κ1) is 21.1. The molecular weight excluding hydrogens is 336 g/mol. The standard InChI is InChI=1S/C23H32N2O2/c1-6-7-13-27-22(26)21-16-24-19(15-25-21)14-17(2)10-11-20-18(3)9-8-12-23(20,4)5/h10-11,14-16H,6-9,12-13H2,1-5H3/b11-10?,17-14+. The summed E-state index contributed by atoms with van der Waals surface area (Å²) >= 11 is 0. The predicted molar refractivity (Wildman–Crippen MR) is 110 cm³/mol. The van der Waals surface area contributed by atoms with E-state index in [1.165, 1.54) is 36.6 Å². The minimum Gasteiger partial charge on any atom is -0.461 e. The molecule has 1 aliphatic carbocycles. The molecule has 1 aliphatic rings. The highest BCUT2D eigenvalue weighted by Crippen LogP contribution is 2.40. The fourth-order valence-electron chi connectivity index (χ4n) is 3.41. The third-order valence-corrected chi connectivity index (χ3v) is 5.04. The number of hydrogen-bond donors (Lipinski definition) is 0. The number of esters is 1. The van der Waals surface area contributed by atoms with Crippen LogP contribution in [0.2, 0.25) is 0 Å². The van der Waals surface area contributed by atoms with Gasteiger partial charge in [0.2, 0.25) is 0 Å². The van der Waals surface area contributed by atoms with Gasteiger partial charge in [0, 0.05) is 0 Å². The molecule has 0 fully saturated rings. The van der Waals surface area contributed by atoms with Crippen molar-refractivity contribution in [1.82, 2.24) is 9.97 Å². The van der Waals surface area contributed by atoms with Gasteiger partial charge >= 0.3 is 5.97 Å². The van der Waals surface area contributed by atoms with Gasteiger partial charge in [0.25, 0.3) is 0 Å². The third kappa shape index (κ3) is 6.16. The van der Waals surface area contributed by atoms with Crippen LogP contribution < -0.4 is 0 Å². The van der Waals surface area contributed by atoms with Gasteiger partial charge in [-0.25, -0.2) is 9.78 Å². The highest BCUT2D eigenvalue weighted by molar-refractivity contribution is 5.86. The number of aromatic nitrogens is 2. The van der Waals surface area contributed by atoms with Gasteiger partial charge in [0.05, 0.1) is 24.7 Å². The van der Waals surface area contributed by atoms with Gasteiger partial charge in [0.1, 0.15) is 0 Å². The summed E-state index contributed by atoms with van der Waals surface area (Å²) in [7, 11) is 0. The number of carbonyl (C=O) groups is 1. The quantitative estimate of drug-likeness (QED) is 0.340. The van der Waals surface area contributed by atoms with E-state index in [9.17, 15) is 4.79 Å². The first-order valence-corrected chi connectivity index (χ1v) is 9.89. The second kappa shape index (κ2) is 9.63. The molecule has 0 atom stereocenters. The first-order chi connectivity index (χ1) is 12.8. The van der Waals surface area contributed by atoms with Crippen molar-refractivity contribution in [2.45, 2.75) is 66.7 Å². The second-order valence-electron chi connectivity index (χ2n) is 7.97. The van der Waals surface area contributed by atoms with E-state index >= 15 is 0 Å². The summed E-state index contributed by atoms with van der Waals surface area (Å²) in [6.45, 7) is 11.4. The second-order valence-corrected chi connectivity index (χ2v) is 7.97. The summed E-state index contributed by atoms with van der Waals surface area (Å²) in [6.07, 6.45) is 15.0. The van der Waals surface area contributed by atoms with E-state index < -0.39 is 5.97 Å². The molecule has 1 aromatic heterocycles. The van der Waals surface area contributed by atoms with Gasteiger partial charge in [-0.2, -0.15) is 0 Å². The van der Waals surface area contributed by atoms with E-state index in [0.29, 0.717) is 6.61 Å². The molecule has 4 nitrogen and oxygen atoms in total. The highest BCUT2D eigenvalue weighted by Gasteiger charge is 2.26. The molecule has 0 aliphatic heterocycles. The van der Waals surface area contributed by atoms with Crippen LogP contribution in [-0.2, 0) is 4.74 Å². The number of allylic oxidation sites excluding steroid dienone is 5. The van der Waals surface area contributed by atoms with Crippen LogP contribution in [-0.4, -0.2) is 22.5 Å². The van der Waals surface area contributed by atoms with Gasteiger partial charge in [0.15, 0.2) is 5.69 Å².